The van der Waals surface area contributed by atoms with E-state index in [4.69, 9.17) is 23.2 Å². The first-order valence-corrected chi connectivity index (χ1v) is 6.16. The van der Waals surface area contributed by atoms with Crippen LogP contribution in [-0.2, 0) is 13.6 Å². The summed E-state index contributed by atoms with van der Waals surface area (Å²) in [4.78, 5) is 11.9. The molecule has 94 valence electrons. The molecule has 1 N–H and O–H groups in total. The van der Waals surface area contributed by atoms with Crippen molar-refractivity contribution < 1.29 is 4.79 Å². The van der Waals surface area contributed by atoms with Crippen molar-refractivity contribution in [3.63, 3.8) is 0 Å². The van der Waals surface area contributed by atoms with Gasteiger partial charge in [0.25, 0.3) is 5.91 Å². The summed E-state index contributed by atoms with van der Waals surface area (Å²) in [5.41, 5.74) is 1.47. The summed E-state index contributed by atoms with van der Waals surface area (Å²) >= 11 is 11.7. The highest BCUT2D eigenvalue weighted by Gasteiger charge is 2.10. The molecule has 1 aromatic heterocycles. The summed E-state index contributed by atoms with van der Waals surface area (Å²) in [6.45, 7) is 0.471. The second kappa shape index (κ2) is 5.46. The van der Waals surface area contributed by atoms with E-state index in [0.717, 1.165) is 5.56 Å². The summed E-state index contributed by atoms with van der Waals surface area (Å²) in [6, 6.07) is 6.76. The number of carbonyl (C=O) groups is 1. The van der Waals surface area contributed by atoms with Crippen LogP contribution in [0.1, 0.15) is 15.9 Å². The van der Waals surface area contributed by atoms with Gasteiger partial charge in [0, 0.05) is 31.0 Å². The number of aromatic nitrogens is 1. The van der Waals surface area contributed by atoms with Crippen molar-refractivity contribution >= 4 is 29.1 Å². The molecule has 0 atom stereocenters. The lowest BCUT2D eigenvalue weighted by molar-refractivity contribution is 0.0951. The van der Waals surface area contributed by atoms with Gasteiger partial charge in [0.2, 0.25) is 0 Å². The second-order valence-corrected chi connectivity index (χ2v) is 4.84. The number of hydrogen-bond donors (Lipinski definition) is 1. The maximum Gasteiger partial charge on any atom is 0.253 e. The lowest BCUT2D eigenvalue weighted by Gasteiger charge is -2.06. The number of halogens is 2. The quantitative estimate of drug-likeness (QED) is 0.921. The smallest absolute Gasteiger partial charge is 0.253 e. The van der Waals surface area contributed by atoms with Gasteiger partial charge in [-0.2, -0.15) is 0 Å². The van der Waals surface area contributed by atoms with Crippen molar-refractivity contribution in [3.05, 3.63) is 57.8 Å². The lowest BCUT2D eigenvalue weighted by atomic mass is 10.2. The van der Waals surface area contributed by atoms with Crippen molar-refractivity contribution in [3.8, 4) is 0 Å². The van der Waals surface area contributed by atoms with Crippen molar-refractivity contribution in [2.45, 2.75) is 6.54 Å². The molecule has 2 aromatic rings. The molecule has 2 rings (SSSR count). The molecule has 0 saturated heterocycles. The van der Waals surface area contributed by atoms with E-state index in [1.807, 2.05) is 30.1 Å². The predicted octanol–water partition coefficient (Wildman–Crippen LogP) is 3.26. The van der Waals surface area contributed by atoms with E-state index in [2.05, 4.69) is 5.32 Å². The molecule has 0 radical (unpaired) electrons. The minimum Gasteiger partial charge on any atom is -0.357 e. The van der Waals surface area contributed by atoms with Gasteiger partial charge < -0.3 is 9.88 Å². The predicted molar refractivity (Wildman–Crippen MR) is 73.0 cm³/mol. The topological polar surface area (TPSA) is 34.0 Å². The molecule has 0 spiro atoms. The van der Waals surface area contributed by atoms with E-state index < -0.39 is 0 Å². The molecule has 18 heavy (non-hydrogen) atoms. The minimum absolute atomic E-state index is 0.208. The molecule has 0 aliphatic heterocycles. The number of carbonyl (C=O) groups excluding carboxylic acids is 1. The first-order valence-electron chi connectivity index (χ1n) is 5.40. The summed E-state index contributed by atoms with van der Waals surface area (Å²) in [5.74, 6) is -0.208. The zero-order valence-electron chi connectivity index (χ0n) is 9.78. The second-order valence-electron chi connectivity index (χ2n) is 3.99. The Hall–Kier alpha value is -1.45. The number of rotatable bonds is 3. The molecule has 0 fully saturated rings. The zero-order valence-corrected chi connectivity index (χ0v) is 11.3. The molecule has 5 heteroatoms. The minimum atomic E-state index is -0.208. The summed E-state index contributed by atoms with van der Waals surface area (Å²) in [7, 11) is 1.93. The fraction of sp³-hybridized carbons (Fsp3) is 0.154. The van der Waals surface area contributed by atoms with Gasteiger partial charge in [-0.1, -0.05) is 23.2 Å². The van der Waals surface area contributed by atoms with Crippen LogP contribution < -0.4 is 5.32 Å². The third kappa shape index (κ3) is 3.06. The van der Waals surface area contributed by atoms with Crippen LogP contribution in [-0.4, -0.2) is 10.5 Å². The molecule has 0 saturated carbocycles. The van der Waals surface area contributed by atoms with Crippen LogP contribution in [0.15, 0.2) is 36.7 Å². The van der Waals surface area contributed by atoms with Gasteiger partial charge in [-0.3, -0.25) is 4.79 Å². The van der Waals surface area contributed by atoms with Crippen LogP contribution in [0.2, 0.25) is 10.0 Å². The third-order valence-electron chi connectivity index (χ3n) is 2.52. The van der Waals surface area contributed by atoms with Gasteiger partial charge in [-0.15, -0.1) is 0 Å². The molecule has 1 amide bonds. The highest BCUT2D eigenvalue weighted by Crippen LogP contribution is 2.20. The number of benzene rings is 1. The van der Waals surface area contributed by atoms with Crippen LogP contribution in [0.5, 0.6) is 0 Å². The number of aryl methyl sites for hydroxylation is 1. The van der Waals surface area contributed by atoms with E-state index >= 15 is 0 Å². The van der Waals surface area contributed by atoms with Gasteiger partial charge in [0.15, 0.2) is 0 Å². The lowest BCUT2D eigenvalue weighted by Crippen LogP contribution is -2.22. The molecular formula is C13H12Cl2N2O. The van der Waals surface area contributed by atoms with Crippen molar-refractivity contribution in [2.24, 2.45) is 7.05 Å². The van der Waals surface area contributed by atoms with E-state index in [-0.39, 0.29) is 5.91 Å². The number of nitrogens with one attached hydrogen (secondary N) is 1. The van der Waals surface area contributed by atoms with E-state index in [0.29, 0.717) is 22.2 Å². The fourth-order valence-electron chi connectivity index (χ4n) is 1.62. The van der Waals surface area contributed by atoms with Crippen molar-refractivity contribution in [2.75, 3.05) is 0 Å². The first kappa shape index (κ1) is 13.0. The van der Waals surface area contributed by atoms with Gasteiger partial charge in [-0.05, 0) is 29.8 Å². The van der Waals surface area contributed by atoms with Crippen molar-refractivity contribution in [1.82, 2.24) is 9.88 Å². The Morgan fingerprint density at radius 3 is 2.72 bits per heavy atom. The molecular weight excluding hydrogens is 271 g/mol. The van der Waals surface area contributed by atoms with Crippen molar-refractivity contribution in [1.29, 1.82) is 0 Å². The van der Waals surface area contributed by atoms with Gasteiger partial charge in [-0.25, -0.2) is 0 Å². The summed E-state index contributed by atoms with van der Waals surface area (Å²) in [5, 5.41) is 3.68. The SMILES string of the molecule is Cn1ccc(CNC(=O)c2ccc(Cl)cc2Cl)c1. The maximum atomic E-state index is 11.9. The Morgan fingerprint density at radius 1 is 1.33 bits per heavy atom. The number of nitrogens with zero attached hydrogens (tertiary/aromatic N) is 1. The Bertz CT molecular complexity index is 578. The number of hydrogen-bond acceptors (Lipinski definition) is 1. The Morgan fingerprint density at radius 2 is 2.11 bits per heavy atom. The van der Waals surface area contributed by atoms with E-state index in [1.165, 1.54) is 0 Å². The zero-order chi connectivity index (χ0) is 13.1. The van der Waals surface area contributed by atoms with E-state index in [1.54, 1.807) is 18.2 Å². The standard InChI is InChI=1S/C13H12Cl2N2O/c1-17-5-4-9(8-17)7-16-13(18)11-3-2-10(14)6-12(11)15/h2-6,8H,7H2,1H3,(H,16,18). The summed E-state index contributed by atoms with van der Waals surface area (Å²) in [6.07, 6.45) is 3.88. The maximum absolute atomic E-state index is 11.9. The molecule has 0 aliphatic carbocycles. The third-order valence-corrected chi connectivity index (χ3v) is 3.07. The van der Waals surface area contributed by atoms with Crippen LogP contribution in [0.25, 0.3) is 0 Å². The monoisotopic (exact) mass is 282 g/mol. The van der Waals surface area contributed by atoms with Crippen LogP contribution in [0.3, 0.4) is 0 Å². The van der Waals surface area contributed by atoms with E-state index in [9.17, 15) is 4.79 Å². The van der Waals surface area contributed by atoms with Gasteiger partial charge in [0.1, 0.15) is 0 Å². The molecule has 0 aliphatic rings. The molecule has 0 bridgehead atoms. The average Bonchev–Trinajstić information content (AvgIpc) is 2.72. The summed E-state index contributed by atoms with van der Waals surface area (Å²) < 4.78 is 1.93. The highest BCUT2D eigenvalue weighted by molar-refractivity contribution is 6.36. The first-order chi connectivity index (χ1) is 8.56. The van der Waals surface area contributed by atoms with Gasteiger partial charge >= 0.3 is 0 Å². The average molecular weight is 283 g/mol. The molecule has 0 unspecified atom stereocenters. The molecule has 1 heterocycles. The molecule has 1 aromatic carbocycles. The normalized spacial score (nSPS) is 10.4. The Kier molecular flexibility index (Phi) is 3.94. The Balaban J connectivity index is 2.03. The van der Waals surface area contributed by atoms with Crippen LogP contribution in [0.4, 0.5) is 0 Å². The molecule has 3 nitrogen and oxygen atoms in total. The van der Waals surface area contributed by atoms with Crippen LogP contribution in [0, 0.1) is 0 Å². The highest BCUT2D eigenvalue weighted by atomic mass is 35.5. The Labute approximate surface area is 115 Å². The fourth-order valence-corrected chi connectivity index (χ4v) is 2.11. The van der Waals surface area contributed by atoms with Gasteiger partial charge in [0.05, 0.1) is 10.6 Å². The van der Waals surface area contributed by atoms with Crippen LogP contribution >= 0.6 is 23.2 Å². The largest absolute Gasteiger partial charge is 0.357 e. The number of amides is 1.